The second-order valence-electron chi connectivity index (χ2n) is 6.87. The molecule has 0 fully saturated rings. The highest BCUT2D eigenvalue weighted by Crippen LogP contribution is 2.24. The lowest BCUT2D eigenvalue weighted by atomic mass is 9.87. The van der Waals surface area contributed by atoms with Crippen LogP contribution in [-0.4, -0.2) is 21.6 Å². The predicted molar refractivity (Wildman–Crippen MR) is 97.7 cm³/mol. The van der Waals surface area contributed by atoms with Gasteiger partial charge in [-0.2, -0.15) is 0 Å². The van der Waals surface area contributed by atoms with Crippen LogP contribution in [0.15, 0.2) is 48.5 Å². The van der Waals surface area contributed by atoms with Crippen molar-refractivity contribution >= 4 is 10.0 Å². The molecule has 6 heteroatoms. The van der Waals surface area contributed by atoms with Gasteiger partial charge in [-0.1, -0.05) is 51.1 Å². The highest BCUT2D eigenvalue weighted by molar-refractivity contribution is 7.88. The van der Waals surface area contributed by atoms with E-state index in [-0.39, 0.29) is 29.9 Å². The third-order valence-electron chi connectivity index (χ3n) is 3.72. The van der Waals surface area contributed by atoms with Gasteiger partial charge in [-0.15, -0.1) is 0 Å². The molecule has 0 spiro atoms. The molecule has 2 aromatic carbocycles. The van der Waals surface area contributed by atoms with Crippen LogP contribution in [0, 0.1) is 5.82 Å². The largest absolute Gasteiger partial charge is 0.492 e. The zero-order chi connectivity index (χ0) is 18.5. The van der Waals surface area contributed by atoms with Crippen molar-refractivity contribution in [2.45, 2.75) is 31.9 Å². The first kappa shape index (κ1) is 19.4. The van der Waals surface area contributed by atoms with Gasteiger partial charge in [-0.25, -0.2) is 17.5 Å². The van der Waals surface area contributed by atoms with Gasteiger partial charge in [0.1, 0.15) is 18.2 Å². The molecule has 4 nitrogen and oxygen atoms in total. The lowest BCUT2D eigenvalue weighted by Crippen LogP contribution is -2.29. The first-order chi connectivity index (χ1) is 11.7. The van der Waals surface area contributed by atoms with Crippen molar-refractivity contribution in [3.63, 3.8) is 0 Å². The molecule has 0 unspecified atom stereocenters. The van der Waals surface area contributed by atoms with Gasteiger partial charge in [0.2, 0.25) is 10.0 Å². The highest BCUT2D eigenvalue weighted by atomic mass is 32.2. The SMILES string of the molecule is CC(C)(C)c1ccc(OCCNS(=O)(=O)Cc2ccccc2F)cc1. The van der Waals surface area contributed by atoms with E-state index < -0.39 is 15.8 Å². The Labute approximate surface area is 149 Å². The van der Waals surface area contributed by atoms with Gasteiger partial charge in [-0.3, -0.25) is 0 Å². The molecule has 136 valence electrons. The van der Waals surface area contributed by atoms with E-state index in [1.54, 1.807) is 6.07 Å². The van der Waals surface area contributed by atoms with Crippen LogP contribution in [0.4, 0.5) is 4.39 Å². The zero-order valence-corrected chi connectivity index (χ0v) is 15.6. The summed E-state index contributed by atoms with van der Waals surface area (Å²) in [6, 6.07) is 13.6. The molecule has 0 atom stereocenters. The number of ether oxygens (including phenoxy) is 1. The van der Waals surface area contributed by atoms with Gasteiger partial charge in [0.25, 0.3) is 0 Å². The Morgan fingerprint density at radius 2 is 1.68 bits per heavy atom. The summed E-state index contributed by atoms with van der Waals surface area (Å²) in [7, 11) is -3.61. The Morgan fingerprint density at radius 3 is 2.28 bits per heavy atom. The minimum Gasteiger partial charge on any atom is -0.492 e. The summed E-state index contributed by atoms with van der Waals surface area (Å²) in [4.78, 5) is 0. The van der Waals surface area contributed by atoms with Crippen LogP contribution in [-0.2, 0) is 21.2 Å². The Bertz CT molecular complexity index is 796. The fourth-order valence-electron chi connectivity index (χ4n) is 2.29. The summed E-state index contributed by atoms with van der Waals surface area (Å²) in [6.45, 7) is 6.72. The van der Waals surface area contributed by atoms with Crippen LogP contribution in [0.2, 0.25) is 0 Å². The molecule has 25 heavy (non-hydrogen) atoms. The summed E-state index contributed by atoms with van der Waals surface area (Å²) in [5.74, 6) is -0.232. The molecule has 0 bridgehead atoms. The van der Waals surface area contributed by atoms with Crippen LogP contribution in [0.3, 0.4) is 0 Å². The van der Waals surface area contributed by atoms with Crippen molar-refractivity contribution in [3.05, 3.63) is 65.5 Å². The van der Waals surface area contributed by atoms with E-state index in [1.807, 2.05) is 24.3 Å². The van der Waals surface area contributed by atoms with Crippen molar-refractivity contribution in [3.8, 4) is 5.75 Å². The van der Waals surface area contributed by atoms with Crippen LogP contribution in [0.25, 0.3) is 0 Å². The fraction of sp³-hybridized carbons (Fsp3) is 0.368. The Morgan fingerprint density at radius 1 is 1.04 bits per heavy atom. The lowest BCUT2D eigenvalue weighted by Gasteiger charge is -2.19. The van der Waals surface area contributed by atoms with E-state index in [9.17, 15) is 12.8 Å². The molecule has 2 rings (SSSR count). The first-order valence-electron chi connectivity index (χ1n) is 8.11. The molecule has 0 radical (unpaired) electrons. The Balaban J connectivity index is 1.81. The number of hydrogen-bond donors (Lipinski definition) is 1. The van der Waals surface area contributed by atoms with Crippen molar-refractivity contribution in [2.75, 3.05) is 13.2 Å². The number of benzene rings is 2. The quantitative estimate of drug-likeness (QED) is 0.763. The topological polar surface area (TPSA) is 55.4 Å². The second kappa shape index (κ2) is 7.97. The molecule has 0 aliphatic carbocycles. The summed E-state index contributed by atoms with van der Waals surface area (Å²) in [5.41, 5.74) is 1.42. The average Bonchev–Trinajstić information content (AvgIpc) is 2.53. The van der Waals surface area contributed by atoms with Crippen molar-refractivity contribution in [2.24, 2.45) is 0 Å². The van der Waals surface area contributed by atoms with Gasteiger partial charge in [0.15, 0.2) is 0 Å². The number of halogens is 1. The third kappa shape index (κ3) is 6.14. The highest BCUT2D eigenvalue weighted by Gasteiger charge is 2.14. The Kier molecular flexibility index (Phi) is 6.19. The van der Waals surface area contributed by atoms with Gasteiger partial charge in [0.05, 0.1) is 5.75 Å². The number of rotatable bonds is 7. The van der Waals surface area contributed by atoms with E-state index in [1.165, 1.54) is 23.8 Å². The minimum atomic E-state index is -3.61. The standard InChI is InChI=1S/C19H24FNO3S/c1-19(2,3)16-8-10-17(11-9-16)24-13-12-21-25(22,23)14-15-6-4-5-7-18(15)20/h4-11,21H,12-14H2,1-3H3. The van der Waals surface area contributed by atoms with E-state index in [0.29, 0.717) is 5.75 Å². The smallest absolute Gasteiger partial charge is 0.216 e. The third-order valence-corrected chi connectivity index (χ3v) is 5.05. The van der Waals surface area contributed by atoms with Crippen LogP contribution in [0.1, 0.15) is 31.9 Å². The van der Waals surface area contributed by atoms with E-state index in [2.05, 4.69) is 25.5 Å². The molecule has 0 saturated heterocycles. The number of nitrogens with one attached hydrogen (secondary N) is 1. The molecule has 0 aliphatic heterocycles. The maximum Gasteiger partial charge on any atom is 0.216 e. The molecular weight excluding hydrogens is 341 g/mol. The average molecular weight is 365 g/mol. The summed E-state index contributed by atoms with van der Waals surface area (Å²) in [6.07, 6.45) is 0. The van der Waals surface area contributed by atoms with Gasteiger partial charge in [0, 0.05) is 12.1 Å². The van der Waals surface area contributed by atoms with E-state index in [0.717, 1.165) is 0 Å². The number of hydrogen-bond acceptors (Lipinski definition) is 3. The van der Waals surface area contributed by atoms with E-state index >= 15 is 0 Å². The van der Waals surface area contributed by atoms with Crippen LogP contribution < -0.4 is 9.46 Å². The normalized spacial score (nSPS) is 12.2. The summed E-state index contributed by atoms with van der Waals surface area (Å²) >= 11 is 0. The van der Waals surface area contributed by atoms with Crippen molar-refractivity contribution < 1.29 is 17.5 Å². The van der Waals surface area contributed by atoms with E-state index in [4.69, 9.17) is 4.74 Å². The molecule has 0 aromatic heterocycles. The van der Waals surface area contributed by atoms with Crippen LogP contribution >= 0.6 is 0 Å². The second-order valence-corrected chi connectivity index (χ2v) is 8.67. The van der Waals surface area contributed by atoms with Crippen molar-refractivity contribution in [1.82, 2.24) is 4.72 Å². The monoisotopic (exact) mass is 365 g/mol. The fourth-order valence-corrected chi connectivity index (χ4v) is 3.43. The zero-order valence-electron chi connectivity index (χ0n) is 14.8. The van der Waals surface area contributed by atoms with Gasteiger partial charge < -0.3 is 4.74 Å². The molecule has 0 aliphatic rings. The molecule has 0 amide bonds. The minimum absolute atomic E-state index is 0.0703. The molecule has 0 saturated carbocycles. The molecule has 2 aromatic rings. The summed E-state index contributed by atoms with van der Waals surface area (Å²) in [5, 5.41) is 0. The first-order valence-corrected chi connectivity index (χ1v) is 9.77. The van der Waals surface area contributed by atoms with Gasteiger partial charge >= 0.3 is 0 Å². The van der Waals surface area contributed by atoms with Gasteiger partial charge in [-0.05, 0) is 29.2 Å². The van der Waals surface area contributed by atoms with Crippen molar-refractivity contribution in [1.29, 1.82) is 0 Å². The molecular formula is C19H24FNO3S. The predicted octanol–water partition coefficient (Wildman–Crippen LogP) is 3.62. The number of sulfonamides is 1. The maximum atomic E-state index is 13.5. The maximum absolute atomic E-state index is 13.5. The Hall–Kier alpha value is -1.92. The van der Waals surface area contributed by atoms with Crippen LogP contribution in [0.5, 0.6) is 5.75 Å². The summed E-state index contributed by atoms with van der Waals surface area (Å²) < 4.78 is 45.5. The molecule has 0 heterocycles. The lowest BCUT2D eigenvalue weighted by molar-refractivity contribution is 0.322. The molecule has 1 N–H and O–H groups in total.